The highest BCUT2D eigenvalue weighted by Crippen LogP contribution is 2.13. The molecule has 1 heterocycles. The normalized spacial score (nSPS) is 10.2. The van der Waals surface area contributed by atoms with Crippen LogP contribution in [0.2, 0.25) is 0 Å². The lowest BCUT2D eigenvalue weighted by Gasteiger charge is -2.08. The number of hydrogen-bond acceptors (Lipinski definition) is 3. The third-order valence-electron chi connectivity index (χ3n) is 3.65. The quantitative estimate of drug-likeness (QED) is 0.739. The maximum Gasteiger partial charge on any atom is 0.255 e. The van der Waals surface area contributed by atoms with Crippen LogP contribution in [0.4, 0.5) is 11.5 Å². The summed E-state index contributed by atoms with van der Waals surface area (Å²) >= 11 is 0. The van der Waals surface area contributed by atoms with Gasteiger partial charge in [0.05, 0.1) is 11.9 Å². The molecular weight excluding hydrogens is 298 g/mol. The van der Waals surface area contributed by atoms with E-state index in [0.717, 1.165) is 11.4 Å². The number of hydrogen-bond donors (Lipinski definition) is 2. The van der Waals surface area contributed by atoms with Crippen molar-refractivity contribution < 1.29 is 4.79 Å². The third kappa shape index (κ3) is 4.20. The molecule has 0 bridgehead atoms. The number of aryl methyl sites for hydroxylation is 1. The molecular formula is C20H19N3O. The van der Waals surface area contributed by atoms with E-state index < -0.39 is 0 Å². The lowest BCUT2D eigenvalue weighted by atomic mass is 10.1. The van der Waals surface area contributed by atoms with Gasteiger partial charge in [-0.3, -0.25) is 4.79 Å². The van der Waals surface area contributed by atoms with Gasteiger partial charge in [0.2, 0.25) is 0 Å². The summed E-state index contributed by atoms with van der Waals surface area (Å²) in [5.41, 5.74) is 3.62. The lowest BCUT2D eigenvalue weighted by Crippen LogP contribution is -2.12. The molecule has 2 N–H and O–H groups in total. The summed E-state index contributed by atoms with van der Waals surface area (Å²) in [6.45, 7) is 2.70. The predicted octanol–water partition coefficient (Wildman–Crippen LogP) is 4.25. The molecule has 120 valence electrons. The first-order chi connectivity index (χ1) is 11.7. The first kappa shape index (κ1) is 15.7. The Bertz CT molecular complexity index is 797. The minimum atomic E-state index is -0.137. The summed E-state index contributed by atoms with van der Waals surface area (Å²) < 4.78 is 0. The zero-order valence-electron chi connectivity index (χ0n) is 13.5. The number of nitrogens with zero attached hydrogens (tertiary/aromatic N) is 1. The van der Waals surface area contributed by atoms with E-state index in [9.17, 15) is 4.79 Å². The van der Waals surface area contributed by atoms with E-state index in [2.05, 4.69) is 27.8 Å². The van der Waals surface area contributed by atoms with Gasteiger partial charge in [0.25, 0.3) is 5.91 Å². The van der Waals surface area contributed by atoms with Crippen LogP contribution < -0.4 is 10.6 Å². The van der Waals surface area contributed by atoms with E-state index in [1.54, 1.807) is 6.20 Å². The van der Waals surface area contributed by atoms with Crippen LogP contribution in [0.5, 0.6) is 0 Å². The zero-order chi connectivity index (χ0) is 16.8. The molecule has 0 unspecified atom stereocenters. The maximum absolute atomic E-state index is 12.2. The van der Waals surface area contributed by atoms with Crippen LogP contribution in [0.3, 0.4) is 0 Å². The summed E-state index contributed by atoms with van der Waals surface area (Å²) in [7, 11) is 0. The number of carbonyl (C=O) groups is 1. The van der Waals surface area contributed by atoms with Crippen molar-refractivity contribution in [2.75, 3.05) is 10.6 Å². The van der Waals surface area contributed by atoms with E-state index in [1.165, 1.54) is 5.56 Å². The van der Waals surface area contributed by atoms with Gasteiger partial charge >= 0.3 is 0 Å². The molecule has 0 radical (unpaired) electrons. The van der Waals surface area contributed by atoms with Crippen LogP contribution in [0.1, 0.15) is 21.5 Å². The third-order valence-corrected chi connectivity index (χ3v) is 3.65. The molecule has 3 rings (SSSR count). The second-order valence-electron chi connectivity index (χ2n) is 5.59. The molecule has 3 aromatic rings. The average Bonchev–Trinajstić information content (AvgIpc) is 2.62. The van der Waals surface area contributed by atoms with Gasteiger partial charge in [-0.2, -0.15) is 0 Å². The van der Waals surface area contributed by atoms with Crippen molar-refractivity contribution in [1.82, 2.24) is 4.98 Å². The predicted molar refractivity (Wildman–Crippen MR) is 97.1 cm³/mol. The molecule has 0 aliphatic heterocycles. The van der Waals surface area contributed by atoms with Gasteiger partial charge in [-0.05, 0) is 36.8 Å². The van der Waals surface area contributed by atoms with Crippen LogP contribution >= 0.6 is 0 Å². The Morgan fingerprint density at radius 3 is 2.38 bits per heavy atom. The molecule has 0 saturated heterocycles. The number of aromatic nitrogens is 1. The first-order valence-electron chi connectivity index (χ1n) is 7.82. The van der Waals surface area contributed by atoms with Crippen LogP contribution in [0, 0.1) is 6.92 Å². The fraction of sp³-hybridized carbons (Fsp3) is 0.100. The monoisotopic (exact) mass is 317 g/mol. The smallest absolute Gasteiger partial charge is 0.255 e. The standard InChI is InChI=1S/C20H19N3O/c1-15-7-9-17(10-8-15)20(24)23-18-11-12-19(22-14-18)21-13-16-5-3-2-4-6-16/h2-12,14H,13H2,1H3,(H,21,22)(H,23,24). The molecule has 0 spiro atoms. The Kier molecular flexibility index (Phi) is 4.87. The Balaban J connectivity index is 1.58. The van der Waals surface area contributed by atoms with Crippen LogP contribution in [0.15, 0.2) is 72.9 Å². The highest BCUT2D eigenvalue weighted by Gasteiger charge is 2.06. The van der Waals surface area contributed by atoms with E-state index in [-0.39, 0.29) is 5.91 Å². The zero-order valence-corrected chi connectivity index (χ0v) is 13.5. The summed E-state index contributed by atoms with van der Waals surface area (Å²) in [6.07, 6.45) is 1.65. The highest BCUT2D eigenvalue weighted by molar-refractivity contribution is 6.04. The van der Waals surface area contributed by atoms with Gasteiger partial charge in [-0.1, -0.05) is 48.0 Å². The van der Waals surface area contributed by atoms with Crippen LogP contribution in [-0.2, 0) is 6.54 Å². The number of carbonyl (C=O) groups excluding carboxylic acids is 1. The van der Waals surface area contributed by atoms with E-state index in [0.29, 0.717) is 17.8 Å². The summed E-state index contributed by atoms with van der Waals surface area (Å²) in [5, 5.41) is 6.11. The second kappa shape index (κ2) is 7.42. The van der Waals surface area contributed by atoms with Crippen LogP contribution in [0.25, 0.3) is 0 Å². The topological polar surface area (TPSA) is 54.0 Å². The first-order valence-corrected chi connectivity index (χ1v) is 7.82. The molecule has 0 atom stereocenters. The number of nitrogens with one attached hydrogen (secondary N) is 2. The van der Waals surface area contributed by atoms with E-state index >= 15 is 0 Å². The molecule has 0 saturated carbocycles. The largest absolute Gasteiger partial charge is 0.366 e. The van der Waals surface area contributed by atoms with Crippen molar-refractivity contribution in [3.05, 3.63) is 89.6 Å². The van der Waals surface area contributed by atoms with Crippen molar-refractivity contribution in [2.45, 2.75) is 13.5 Å². The van der Waals surface area contributed by atoms with Crippen molar-refractivity contribution in [2.24, 2.45) is 0 Å². The van der Waals surface area contributed by atoms with Gasteiger partial charge in [-0.15, -0.1) is 0 Å². The molecule has 0 aliphatic rings. The second-order valence-corrected chi connectivity index (χ2v) is 5.59. The Morgan fingerprint density at radius 2 is 1.71 bits per heavy atom. The minimum Gasteiger partial charge on any atom is -0.366 e. The van der Waals surface area contributed by atoms with Crippen LogP contribution in [-0.4, -0.2) is 10.9 Å². The molecule has 1 amide bonds. The molecule has 1 aromatic heterocycles. The van der Waals surface area contributed by atoms with E-state index in [4.69, 9.17) is 0 Å². The summed E-state index contributed by atoms with van der Waals surface area (Å²) in [5.74, 6) is 0.633. The van der Waals surface area contributed by atoms with Crippen molar-refractivity contribution in [3.63, 3.8) is 0 Å². The van der Waals surface area contributed by atoms with Crippen molar-refractivity contribution in [1.29, 1.82) is 0 Å². The minimum absolute atomic E-state index is 0.137. The summed E-state index contributed by atoms with van der Waals surface area (Å²) in [4.78, 5) is 16.5. The highest BCUT2D eigenvalue weighted by atomic mass is 16.1. The number of anilines is 2. The molecule has 0 fully saturated rings. The molecule has 4 nitrogen and oxygen atoms in total. The fourth-order valence-corrected chi connectivity index (χ4v) is 2.27. The Morgan fingerprint density at radius 1 is 0.958 bits per heavy atom. The van der Waals surface area contributed by atoms with Crippen molar-refractivity contribution >= 4 is 17.4 Å². The average molecular weight is 317 g/mol. The SMILES string of the molecule is Cc1ccc(C(=O)Nc2ccc(NCc3ccccc3)nc2)cc1. The lowest BCUT2D eigenvalue weighted by molar-refractivity contribution is 0.102. The molecule has 0 aliphatic carbocycles. The fourth-order valence-electron chi connectivity index (χ4n) is 2.27. The summed E-state index contributed by atoms with van der Waals surface area (Å²) in [6, 6.07) is 21.3. The van der Waals surface area contributed by atoms with E-state index in [1.807, 2.05) is 61.5 Å². The molecule has 24 heavy (non-hydrogen) atoms. The number of benzene rings is 2. The maximum atomic E-state index is 12.2. The van der Waals surface area contributed by atoms with Gasteiger partial charge in [0, 0.05) is 12.1 Å². The van der Waals surface area contributed by atoms with Gasteiger partial charge < -0.3 is 10.6 Å². The van der Waals surface area contributed by atoms with Gasteiger partial charge in [0.1, 0.15) is 5.82 Å². The Hall–Kier alpha value is -3.14. The van der Waals surface area contributed by atoms with Crippen molar-refractivity contribution in [3.8, 4) is 0 Å². The number of amides is 1. The Labute approximate surface area is 141 Å². The number of rotatable bonds is 5. The number of pyridine rings is 1. The van der Waals surface area contributed by atoms with Gasteiger partial charge in [-0.25, -0.2) is 4.98 Å². The molecule has 2 aromatic carbocycles. The van der Waals surface area contributed by atoms with Gasteiger partial charge in [0.15, 0.2) is 0 Å². The molecule has 4 heteroatoms.